The van der Waals surface area contributed by atoms with E-state index in [4.69, 9.17) is 24.1 Å². The number of methoxy groups -OCH3 is 3. The average Bonchev–Trinajstić information content (AvgIpc) is 3.25. The van der Waals surface area contributed by atoms with Crippen molar-refractivity contribution in [1.82, 2.24) is 0 Å². The highest BCUT2D eigenvalue weighted by atomic mass is 19.4. The van der Waals surface area contributed by atoms with Crippen LogP contribution in [0.25, 0.3) is 5.57 Å². The number of rotatable bonds is 6. The number of hydrogen-bond donors (Lipinski definition) is 3. The van der Waals surface area contributed by atoms with Gasteiger partial charge in [0.25, 0.3) is 5.69 Å². The third kappa shape index (κ3) is 5.23. The van der Waals surface area contributed by atoms with Gasteiger partial charge in [-0.3, -0.25) is 4.99 Å². The zero-order valence-electron chi connectivity index (χ0n) is 18.7. The molecular weight excluding hydrogens is 459 g/mol. The van der Waals surface area contributed by atoms with Crippen molar-refractivity contribution in [3.8, 4) is 5.75 Å². The van der Waals surface area contributed by atoms with Crippen LogP contribution in [0.5, 0.6) is 5.75 Å². The van der Waals surface area contributed by atoms with Gasteiger partial charge in [-0.25, -0.2) is 4.99 Å². The summed E-state index contributed by atoms with van der Waals surface area (Å²) in [7, 11) is 4.90. The summed E-state index contributed by atoms with van der Waals surface area (Å²) >= 11 is 0. The van der Waals surface area contributed by atoms with Crippen LogP contribution in [-0.2, 0) is 19.0 Å². The molecule has 2 atom stereocenters. The van der Waals surface area contributed by atoms with Gasteiger partial charge < -0.3 is 34.5 Å². The lowest BCUT2D eigenvalue weighted by Crippen LogP contribution is -2.61. The largest absolute Gasteiger partial charge is 0.542 e. The van der Waals surface area contributed by atoms with Crippen LogP contribution in [-0.4, -0.2) is 70.1 Å². The maximum absolute atomic E-state index is 10.7. The molecule has 9 nitrogen and oxygen atoms in total. The Morgan fingerprint density at radius 2 is 2.03 bits per heavy atom. The van der Waals surface area contributed by atoms with E-state index < -0.39 is 12.1 Å². The molecule has 0 spiro atoms. The number of ether oxygens (including phenoxy) is 3. The van der Waals surface area contributed by atoms with E-state index in [-0.39, 0.29) is 18.0 Å². The highest BCUT2D eigenvalue weighted by molar-refractivity contribution is 6.02. The number of hydrogen-bond acceptors (Lipinski definition) is 8. The molecule has 2 aliphatic heterocycles. The maximum atomic E-state index is 10.7. The van der Waals surface area contributed by atoms with Gasteiger partial charge in [0, 0.05) is 32.9 Å². The monoisotopic (exact) mass is 483 g/mol. The van der Waals surface area contributed by atoms with E-state index in [0.29, 0.717) is 18.0 Å². The van der Waals surface area contributed by atoms with Crippen LogP contribution in [0, 0.1) is 0 Å². The zero-order chi connectivity index (χ0) is 25.0. The van der Waals surface area contributed by atoms with Crippen molar-refractivity contribution >= 4 is 29.1 Å². The molecule has 3 N–H and O–H groups in total. The fourth-order valence-electron chi connectivity index (χ4n) is 3.81. The quantitative estimate of drug-likeness (QED) is 0.424. The summed E-state index contributed by atoms with van der Waals surface area (Å²) < 4.78 is 48.0. The number of aromatic hydroxyl groups is 1. The standard InChI is InChI=1S/C20H23N3O4.C2HF3O2/c1-25-15-6-11(7-16(26-2)20(15)27-3)9-22-14-8-13-17-12(4-5-21-13)10-23-18(17)19(14)24;3-2(4,5)1(6)7/h6-8,10,15,20,22,24H,4-5,9H2,1-3H3;(H,6,7). The number of nitrogens with one attached hydrogen (secondary N) is 2. The number of aliphatic carboxylic acids is 1. The van der Waals surface area contributed by atoms with E-state index in [1.165, 1.54) is 5.57 Å². The molecule has 1 aromatic carbocycles. The third-order valence-electron chi connectivity index (χ3n) is 5.42. The van der Waals surface area contributed by atoms with Gasteiger partial charge in [0.1, 0.15) is 23.9 Å². The molecule has 0 saturated heterocycles. The zero-order valence-corrected chi connectivity index (χ0v) is 18.7. The van der Waals surface area contributed by atoms with Crippen molar-refractivity contribution in [2.45, 2.75) is 24.8 Å². The van der Waals surface area contributed by atoms with Crippen molar-refractivity contribution in [2.75, 3.05) is 39.7 Å². The first-order valence-electron chi connectivity index (χ1n) is 10.2. The van der Waals surface area contributed by atoms with Crippen molar-refractivity contribution in [3.63, 3.8) is 0 Å². The highest BCUT2D eigenvalue weighted by Crippen LogP contribution is 2.28. The first-order valence-corrected chi connectivity index (χ1v) is 10.2. The summed E-state index contributed by atoms with van der Waals surface area (Å²) in [6.45, 7) is 1.28. The van der Waals surface area contributed by atoms with Crippen molar-refractivity contribution < 1.29 is 47.4 Å². The second-order valence-electron chi connectivity index (χ2n) is 7.48. The summed E-state index contributed by atoms with van der Waals surface area (Å²) in [5.41, 5.74) is 3.57. The molecule has 0 bridgehead atoms. The van der Waals surface area contributed by atoms with E-state index in [9.17, 15) is 18.3 Å². The Hall–Kier alpha value is -3.38. The fraction of sp³-hybridized carbons (Fsp3) is 0.409. The maximum Gasteiger partial charge on any atom is 0.430 e. The number of phenols is 1. The van der Waals surface area contributed by atoms with Gasteiger partial charge in [-0.2, -0.15) is 13.2 Å². The Balaban J connectivity index is 0.000000406. The first-order chi connectivity index (χ1) is 16.1. The molecular formula is C22H24F3N3O6. The van der Waals surface area contributed by atoms with Crippen LogP contribution in [0.3, 0.4) is 0 Å². The summed E-state index contributed by atoms with van der Waals surface area (Å²) in [6.07, 6.45) is 1.10. The van der Waals surface area contributed by atoms with Crippen molar-refractivity contribution in [1.29, 1.82) is 0 Å². The topological polar surface area (TPSA) is 126 Å². The Morgan fingerprint density at radius 3 is 2.62 bits per heavy atom. The number of carbonyl (C=O) groups is 1. The van der Waals surface area contributed by atoms with E-state index in [0.717, 1.165) is 34.8 Å². The lowest BCUT2D eigenvalue weighted by molar-refractivity contribution is -0.345. The number of alkyl halides is 3. The predicted octanol–water partition coefficient (Wildman–Crippen LogP) is -1.43. The minimum atomic E-state index is -5.19. The summed E-state index contributed by atoms with van der Waals surface area (Å²) in [5, 5.41) is 24.7. The first kappa shape index (κ1) is 25.2. The van der Waals surface area contributed by atoms with Gasteiger partial charge in [0.2, 0.25) is 5.75 Å². The summed E-state index contributed by atoms with van der Waals surface area (Å²) in [6, 6.07) is 1.91. The van der Waals surface area contributed by atoms with E-state index >= 15 is 0 Å². The number of halogens is 3. The van der Waals surface area contributed by atoms with Gasteiger partial charge in [-0.15, -0.1) is 0 Å². The van der Waals surface area contributed by atoms with Crippen molar-refractivity contribution in [3.05, 3.63) is 40.1 Å². The van der Waals surface area contributed by atoms with E-state index in [2.05, 4.69) is 15.3 Å². The Labute approximate surface area is 192 Å². The number of carboxylic acids is 1. The molecule has 1 aliphatic carbocycles. The molecule has 34 heavy (non-hydrogen) atoms. The Kier molecular flexibility index (Phi) is 7.62. The number of nitrogens with zero attached hydrogens (tertiary/aromatic N) is 1. The van der Waals surface area contributed by atoms with Gasteiger partial charge in [-0.05, 0) is 30.2 Å². The molecule has 0 radical (unpaired) electrons. The fourth-order valence-corrected chi connectivity index (χ4v) is 3.81. The molecule has 0 saturated carbocycles. The predicted molar refractivity (Wildman–Crippen MR) is 113 cm³/mol. The molecule has 4 rings (SSSR count). The summed E-state index contributed by atoms with van der Waals surface area (Å²) in [5.74, 6) is -2.09. The van der Waals surface area contributed by atoms with Crippen LogP contribution in [0.2, 0.25) is 0 Å². The van der Waals surface area contributed by atoms with Crippen LogP contribution in [0.4, 0.5) is 24.5 Å². The minimum absolute atomic E-state index is 0.211. The van der Waals surface area contributed by atoms with Crippen LogP contribution >= 0.6 is 0 Å². The van der Waals surface area contributed by atoms with Gasteiger partial charge in [-0.1, -0.05) is 0 Å². The van der Waals surface area contributed by atoms with Crippen LogP contribution in [0.1, 0.15) is 6.42 Å². The highest BCUT2D eigenvalue weighted by Gasteiger charge is 2.30. The molecule has 12 heteroatoms. The molecule has 0 aromatic heterocycles. The number of carboxylic acid groups (broad SMARTS) is 1. The van der Waals surface area contributed by atoms with Gasteiger partial charge >= 0.3 is 6.18 Å². The molecule has 0 amide bonds. The molecule has 2 unspecified atom stereocenters. The lowest BCUT2D eigenvalue weighted by Gasteiger charge is -2.28. The second kappa shape index (κ2) is 10.3. The SMILES string of the molecule is COC1=CC(CNc2cc3c4c(c2O)[NH+]=CC=4CCN=3)=CC(OC)C1OC.O=C([O-])C(F)(F)F. The molecule has 2 heterocycles. The molecule has 1 aromatic rings. The number of anilines is 1. The van der Waals surface area contributed by atoms with Crippen molar-refractivity contribution in [2.24, 2.45) is 4.99 Å². The van der Waals surface area contributed by atoms with Gasteiger partial charge in [0.05, 0.1) is 23.4 Å². The Bertz CT molecular complexity index is 1170. The molecule has 3 aliphatic rings. The van der Waals surface area contributed by atoms with E-state index in [1.54, 1.807) is 21.3 Å². The second-order valence-corrected chi connectivity index (χ2v) is 7.48. The number of phenolic OH excluding ortho intramolecular Hbond substituents is 1. The molecule has 0 fully saturated rings. The van der Waals surface area contributed by atoms with Gasteiger partial charge in [0.15, 0.2) is 6.21 Å². The summed E-state index contributed by atoms with van der Waals surface area (Å²) in [4.78, 5) is 16.6. The third-order valence-corrected chi connectivity index (χ3v) is 5.42. The van der Waals surface area contributed by atoms with Crippen LogP contribution in [0.15, 0.2) is 34.5 Å². The normalized spacial score (nSPS) is 20.4. The number of benzene rings is 1. The van der Waals surface area contributed by atoms with E-state index in [1.807, 2.05) is 24.4 Å². The lowest BCUT2D eigenvalue weighted by atomic mass is 9.99. The Morgan fingerprint density at radius 1 is 1.32 bits per heavy atom. The minimum Gasteiger partial charge on any atom is -0.542 e. The average molecular weight is 483 g/mol. The smallest absolute Gasteiger partial charge is 0.430 e. The van der Waals surface area contributed by atoms with Crippen LogP contribution < -0.4 is 26.0 Å². The molecule has 184 valence electrons. The number of carbonyl (C=O) groups excluding carboxylic acids is 1.